The number of ether oxygens (including phenoxy) is 2. The van der Waals surface area contributed by atoms with Gasteiger partial charge in [0, 0.05) is 12.3 Å². The Bertz CT molecular complexity index is 701. The van der Waals surface area contributed by atoms with Crippen LogP contribution in [0, 0.1) is 0 Å². The lowest BCUT2D eigenvalue weighted by Crippen LogP contribution is -2.19. The first-order chi connectivity index (χ1) is 11.6. The summed E-state index contributed by atoms with van der Waals surface area (Å²) in [6.07, 6.45) is 1.29. The van der Waals surface area contributed by atoms with Crippen molar-refractivity contribution in [3.05, 3.63) is 36.2 Å². The third-order valence-corrected chi connectivity index (χ3v) is 2.92. The Morgan fingerprint density at radius 1 is 1.29 bits per heavy atom. The van der Waals surface area contributed by atoms with Crippen molar-refractivity contribution in [3.8, 4) is 5.69 Å². The lowest BCUT2D eigenvalue weighted by atomic mass is 10.2. The molecule has 9 nitrogen and oxygen atoms in total. The van der Waals surface area contributed by atoms with Gasteiger partial charge in [0.15, 0.2) is 5.69 Å². The van der Waals surface area contributed by atoms with E-state index in [9.17, 15) is 9.59 Å². The molecule has 0 aliphatic rings. The normalized spacial score (nSPS) is 10.5. The van der Waals surface area contributed by atoms with E-state index in [0.717, 1.165) is 0 Å². The number of amides is 1. The highest BCUT2D eigenvalue weighted by molar-refractivity contribution is 5.92. The third kappa shape index (κ3) is 5.14. The second-order valence-corrected chi connectivity index (χ2v) is 4.70. The molecule has 1 aromatic heterocycles. The standard InChI is InChI=1S/C15H18N4O5/c1-2-23-6-7-24-10-14(20)16-11-4-3-5-12(8-11)19-9-13(15(21)22)17-18-19/h3-5,8-9H,2,6-7,10H2,1H3,(H,16,20)(H,21,22). The molecule has 0 saturated carbocycles. The number of aromatic carboxylic acids is 1. The van der Waals surface area contributed by atoms with Gasteiger partial charge in [-0.2, -0.15) is 0 Å². The molecule has 1 heterocycles. The molecule has 0 atom stereocenters. The van der Waals surface area contributed by atoms with Crippen LogP contribution in [0.3, 0.4) is 0 Å². The van der Waals surface area contributed by atoms with Crippen LogP contribution in [0.4, 0.5) is 5.69 Å². The van der Waals surface area contributed by atoms with Crippen molar-refractivity contribution in [3.63, 3.8) is 0 Å². The highest BCUT2D eigenvalue weighted by Crippen LogP contribution is 2.14. The number of carbonyl (C=O) groups is 2. The maximum atomic E-state index is 11.8. The molecule has 0 fully saturated rings. The fourth-order valence-corrected chi connectivity index (χ4v) is 1.84. The van der Waals surface area contributed by atoms with Gasteiger partial charge < -0.3 is 19.9 Å². The van der Waals surface area contributed by atoms with Gasteiger partial charge in [0.25, 0.3) is 0 Å². The second kappa shape index (κ2) is 8.75. The number of carbonyl (C=O) groups excluding carboxylic acids is 1. The van der Waals surface area contributed by atoms with E-state index >= 15 is 0 Å². The summed E-state index contributed by atoms with van der Waals surface area (Å²) in [7, 11) is 0. The zero-order valence-electron chi connectivity index (χ0n) is 13.1. The van der Waals surface area contributed by atoms with Crippen molar-refractivity contribution >= 4 is 17.6 Å². The monoisotopic (exact) mass is 334 g/mol. The van der Waals surface area contributed by atoms with Gasteiger partial charge in [-0.3, -0.25) is 4.79 Å². The van der Waals surface area contributed by atoms with Crippen LogP contribution < -0.4 is 5.32 Å². The molecule has 0 radical (unpaired) electrons. The predicted molar refractivity (Wildman–Crippen MR) is 84.3 cm³/mol. The molecule has 128 valence electrons. The minimum absolute atomic E-state index is 0.0796. The Morgan fingerprint density at radius 2 is 2.08 bits per heavy atom. The Labute approximate surface area is 138 Å². The molecule has 2 rings (SSSR count). The van der Waals surface area contributed by atoms with Gasteiger partial charge in [0.2, 0.25) is 5.91 Å². The number of carboxylic acids is 1. The number of hydrogen-bond acceptors (Lipinski definition) is 6. The van der Waals surface area contributed by atoms with E-state index in [4.69, 9.17) is 14.6 Å². The number of nitrogens with zero attached hydrogens (tertiary/aromatic N) is 3. The molecule has 0 aliphatic carbocycles. The average Bonchev–Trinajstić information content (AvgIpc) is 3.05. The molecule has 24 heavy (non-hydrogen) atoms. The molecule has 0 unspecified atom stereocenters. The summed E-state index contributed by atoms with van der Waals surface area (Å²) in [6.45, 7) is 3.20. The number of carboxylic acid groups (broad SMARTS) is 1. The fourth-order valence-electron chi connectivity index (χ4n) is 1.84. The van der Waals surface area contributed by atoms with Crippen LogP contribution in [0.5, 0.6) is 0 Å². The summed E-state index contributed by atoms with van der Waals surface area (Å²) in [4.78, 5) is 22.6. The summed E-state index contributed by atoms with van der Waals surface area (Å²) < 4.78 is 11.6. The van der Waals surface area contributed by atoms with E-state index in [1.54, 1.807) is 24.3 Å². The van der Waals surface area contributed by atoms with Gasteiger partial charge in [-0.05, 0) is 25.1 Å². The fraction of sp³-hybridized carbons (Fsp3) is 0.333. The smallest absolute Gasteiger partial charge is 0.358 e. The molecule has 9 heteroatoms. The maximum absolute atomic E-state index is 11.8. The highest BCUT2D eigenvalue weighted by atomic mass is 16.5. The maximum Gasteiger partial charge on any atom is 0.358 e. The second-order valence-electron chi connectivity index (χ2n) is 4.70. The quantitative estimate of drug-likeness (QED) is 0.656. The van der Waals surface area contributed by atoms with E-state index in [1.807, 2.05) is 6.92 Å². The molecule has 0 bridgehead atoms. The van der Waals surface area contributed by atoms with Crippen molar-refractivity contribution in [2.45, 2.75) is 6.92 Å². The van der Waals surface area contributed by atoms with Crippen molar-refractivity contribution in [2.75, 3.05) is 31.7 Å². The van der Waals surface area contributed by atoms with E-state index in [-0.39, 0.29) is 18.2 Å². The third-order valence-electron chi connectivity index (χ3n) is 2.92. The molecule has 0 saturated heterocycles. The minimum atomic E-state index is -1.16. The average molecular weight is 334 g/mol. The van der Waals surface area contributed by atoms with E-state index < -0.39 is 5.97 Å². The molecular weight excluding hydrogens is 316 g/mol. The van der Waals surface area contributed by atoms with E-state index in [0.29, 0.717) is 31.2 Å². The number of anilines is 1. The summed E-state index contributed by atoms with van der Waals surface area (Å²) in [6, 6.07) is 6.78. The van der Waals surface area contributed by atoms with Crippen LogP contribution in [-0.4, -0.2) is 58.4 Å². The number of rotatable bonds is 9. The molecular formula is C15H18N4O5. The van der Waals surface area contributed by atoms with Crippen LogP contribution in [0.25, 0.3) is 5.69 Å². The first kappa shape index (κ1) is 17.6. The zero-order chi connectivity index (χ0) is 17.4. The van der Waals surface area contributed by atoms with Crippen molar-refractivity contribution < 1.29 is 24.2 Å². The van der Waals surface area contributed by atoms with Gasteiger partial charge >= 0.3 is 5.97 Å². The number of benzene rings is 1. The molecule has 1 amide bonds. The zero-order valence-corrected chi connectivity index (χ0v) is 13.1. The highest BCUT2D eigenvalue weighted by Gasteiger charge is 2.10. The Kier molecular flexibility index (Phi) is 6.41. The number of nitrogens with one attached hydrogen (secondary N) is 1. The number of aromatic nitrogens is 3. The molecule has 0 aliphatic heterocycles. The first-order valence-corrected chi connectivity index (χ1v) is 7.31. The lowest BCUT2D eigenvalue weighted by Gasteiger charge is -2.08. The Morgan fingerprint density at radius 3 is 2.79 bits per heavy atom. The molecule has 2 N–H and O–H groups in total. The van der Waals surface area contributed by atoms with E-state index in [1.165, 1.54) is 10.9 Å². The van der Waals surface area contributed by atoms with Gasteiger partial charge in [0.1, 0.15) is 6.61 Å². The summed E-state index contributed by atoms with van der Waals surface area (Å²) in [5.74, 6) is -1.46. The van der Waals surface area contributed by atoms with Crippen molar-refractivity contribution in [1.29, 1.82) is 0 Å². The van der Waals surface area contributed by atoms with Crippen LogP contribution in [0.15, 0.2) is 30.5 Å². The molecule has 0 spiro atoms. The topological polar surface area (TPSA) is 116 Å². The van der Waals surface area contributed by atoms with Gasteiger partial charge in [-0.15, -0.1) is 5.10 Å². The summed E-state index contributed by atoms with van der Waals surface area (Å²) in [5.41, 5.74) is 0.954. The number of hydrogen-bond donors (Lipinski definition) is 2. The molecule has 1 aromatic carbocycles. The Balaban J connectivity index is 1.92. The van der Waals surface area contributed by atoms with E-state index in [2.05, 4.69) is 15.6 Å². The van der Waals surface area contributed by atoms with Crippen LogP contribution in [0.2, 0.25) is 0 Å². The van der Waals surface area contributed by atoms with Crippen LogP contribution in [-0.2, 0) is 14.3 Å². The van der Waals surface area contributed by atoms with Crippen LogP contribution in [0.1, 0.15) is 17.4 Å². The predicted octanol–water partition coefficient (Wildman–Crippen LogP) is 0.957. The summed E-state index contributed by atoms with van der Waals surface area (Å²) >= 11 is 0. The first-order valence-electron chi connectivity index (χ1n) is 7.31. The molecule has 2 aromatic rings. The van der Waals surface area contributed by atoms with Crippen molar-refractivity contribution in [2.24, 2.45) is 0 Å². The van der Waals surface area contributed by atoms with Crippen LogP contribution >= 0.6 is 0 Å². The Hall–Kier alpha value is -2.78. The lowest BCUT2D eigenvalue weighted by molar-refractivity contribution is -0.121. The summed E-state index contributed by atoms with van der Waals surface area (Å²) in [5, 5.41) is 18.8. The van der Waals surface area contributed by atoms with Gasteiger partial charge in [-0.1, -0.05) is 11.3 Å². The minimum Gasteiger partial charge on any atom is -0.476 e. The SMILES string of the molecule is CCOCCOCC(=O)Nc1cccc(-n2cc(C(=O)O)nn2)c1. The van der Waals surface area contributed by atoms with Gasteiger partial charge in [-0.25, -0.2) is 9.48 Å². The van der Waals surface area contributed by atoms with Gasteiger partial charge in [0.05, 0.1) is 25.1 Å². The largest absolute Gasteiger partial charge is 0.476 e. The van der Waals surface area contributed by atoms with Crippen molar-refractivity contribution in [1.82, 2.24) is 15.0 Å².